The fraction of sp³-hybridized carbons (Fsp3) is 0.389. The van der Waals surface area contributed by atoms with Gasteiger partial charge in [-0.05, 0) is 26.0 Å². The fourth-order valence-electron chi connectivity index (χ4n) is 3.23. The van der Waals surface area contributed by atoms with Gasteiger partial charge in [-0.15, -0.1) is 0 Å². The number of imidazole rings is 1. The summed E-state index contributed by atoms with van der Waals surface area (Å²) in [6.45, 7) is 4.96. The molecule has 3 aromatic rings. The first-order valence-electron chi connectivity index (χ1n) is 8.35. The molecule has 0 unspecified atom stereocenters. The third kappa shape index (κ3) is 3.15. The topological polar surface area (TPSA) is 81.7 Å². The van der Waals surface area contributed by atoms with E-state index in [1.807, 2.05) is 42.5 Å². The summed E-state index contributed by atoms with van der Waals surface area (Å²) in [7, 11) is 0. The van der Waals surface area contributed by atoms with Crippen LogP contribution in [0.25, 0.3) is 5.65 Å². The molecule has 4 heterocycles. The van der Waals surface area contributed by atoms with E-state index in [0.717, 1.165) is 22.8 Å². The SMILES string of the molecule is Cc1cc(C[C@@H]2COC[C@@H]2NC(=O)c2cn3c(C)cccc3n2)on1. The maximum absolute atomic E-state index is 12.6. The molecule has 0 aromatic carbocycles. The van der Waals surface area contributed by atoms with Gasteiger partial charge in [0.1, 0.15) is 17.1 Å². The molecule has 25 heavy (non-hydrogen) atoms. The van der Waals surface area contributed by atoms with Gasteiger partial charge in [0.15, 0.2) is 0 Å². The van der Waals surface area contributed by atoms with Gasteiger partial charge in [-0.3, -0.25) is 4.79 Å². The van der Waals surface area contributed by atoms with E-state index in [1.165, 1.54) is 0 Å². The van der Waals surface area contributed by atoms with E-state index in [2.05, 4.69) is 15.5 Å². The van der Waals surface area contributed by atoms with Crippen LogP contribution in [0.15, 0.2) is 35.0 Å². The van der Waals surface area contributed by atoms with E-state index in [-0.39, 0.29) is 17.9 Å². The first-order chi connectivity index (χ1) is 12.1. The average Bonchev–Trinajstić information content (AvgIpc) is 3.29. The smallest absolute Gasteiger partial charge is 0.271 e. The second-order valence-corrected chi connectivity index (χ2v) is 6.54. The molecule has 7 nitrogen and oxygen atoms in total. The lowest BCUT2D eigenvalue weighted by molar-refractivity contribution is 0.0920. The number of fused-ring (bicyclic) bond motifs is 1. The van der Waals surface area contributed by atoms with Gasteiger partial charge in [-0.1, -0.05) is 11.2 Å². The van der Waals surface area contributed by atoms with E-state index < -0.39 is 0 Å². The van der Waals surface area contributed by atoms with Crippen molar-refractivity contribution in [1.82, 2.24) is 19.9 Å². The third-order valence-electron chi connectivity index (χ3n) is 4.58. The summed E-state index contributed by atoms with van der Waals surface area (Å²) in [5, 5.41) is 6.96. The minimum atomic E-state index is -0.183. The number of aromatic nitrogens is 3. The molecule has 0 saturated carbocycles. The number of aryl methyl sites for hydroxylation is 2. The van der Waals surface area contributed by atoms with Crippen molar-refractivity contribution in [3.05, 3.63) is 53.3 Å². The Morgan fingerprint density at radius 3 is 3.00 bits per heavy atom. The Morgan fingerprint density at radius 1 is 1.36 bits per heavy atom. The highest BCUT2D eigenvalue weighted by Gasteiger charge is 2.31. The Balaban J connectivity index is 1.47. The van der Waals surface area contributed by atoms with Gasteiger partial charge in [0, 0.05) is 30.3 Å². The fourth-order valence-corrected chi connectivity index (χ4v) is 3.23. The Bertz CT molecular complexity index is 914. The summed E-state index contributed by atoms with van der Waals surface area (Å²) in [4.78, 5) is 17.0. The lowest BCUT2D eigenvalue weighted by Gasteiger charge is -2.17. The predicted molar refractivity (Wildman–Crippen MR) is 90.4 cm³/mol. The van der Waals surface area contributed by atoms with Crippen molar-refractivity contribution in [1.29, 1.82) is 0 Å². The second kappa shape index (κ2) is 6.33. The van der Waals surface area contributed by atoms with Gasteiger partial charge in [-0.25, -0.2) is 4.98 Å². The summed E-state index contributed by atoms with van der Waals surface area (Å²) >= 11 is 0. The number of carbonyl (C=O) groups is 1. The summed E-state index contributed by atoms with van der Waals surface area (Å²) < 4.78 is 12.8. The maximum atomic E-state index is 12.6. The molecular weight excluding hydrogens is 320 g/mol. The largest absolute Gasteiger partial charge is 0.379 e. The predicted octanol–water partition coefficient (Wildman–Crippen LogP) is 1.93. The molecule has 1 N–H and O–H groups in total. The quantitative estimate of drug-likeness (QED) is 0.785. The van der Waals surface area contributed by atoms with Crippen LogP contribution >= 0.6 is 0 Å². The highest BCUT2D eigenvalue weighted by atomic mass is 16.5. The lowest BCUT2D eigenvalue weighted by Crippen LogP contribution is -2.40. The van der Waals surface area contributed by atoms with Crippen molar-refractivity contribution in [3.8, 4) is 0 Å². The molecule has 1 aliphatic heterocycles. The first kappa shape index (κ1) is 15.8. The molecule has 2 atom stereocenters. The Hall–Kier alpha value is -2.67. The number of pyridine rings is 1. The van der Waals surface area contributed by atoms with Gasteiger partial charge < -0.3 is 19.0 Å². The molecule has 1 saturated heterocycles. The number of ether oxygens (including phenoxy) is 1. The van der Waals surface area contributed by atoms with E-state index in [4.69, 9.17) is 9.26 Å². The molecule has 7 heteroatoms. The number of hydrogen-bond donors (Lipinski definition) is 1. The lowest BCUT2D eigenvalue weighted by atomic mass is 9.98. The van der Waals surface area contributed by atoms with Gasteiger partial charge in [0.25, 0.3) is 5.91 Å². The number of carbonyl (C=O) groups excluding carboxylic acids is 1. The zero-order valence-corrected chi connectivity index (χ0v) is 14.2. The molecule has 0 aliphatic carbocycles. The highest BCUT2D eigenvalue weighted by molar-refractivity contribution is 5.93. The van der Waals surface area contributed by atoms with Gasteiger partial charge in [-0.2, -0.15) is 0 Å². The van der Waals surface area contributed by atoms with Crippen LogP contribution in [0.5, 0.6) is 0 Å². The minimum absolute atomic E-state index is 0.0659. The van der Waals surface area contributed by atoms with E-state index in [9.17, 15) is 4.79 Å². The average molecular weight is 340 g/mol. The minimum Gasteiger partial charge on any atom is -0.379 e. The van der Waals surface area contributed by atoms with Gasteiger partial charge >= 0.3 is 0 Å². The number of amides is 1. The summed E-state index contributed by atoms with van der Waals surface area (Å²) in [5.41, 5.74) is 3.07. The van der Waals surface area contributed by atoms with Crippen LogP contribution in [0, 0.1) is 19.8 Å². The zero-order valence-electron chi connectivity index (χ0n) is 14.2. The molecule has 1 fully saturated rings. The number of hydrogen-bond acceptors (Lipinski definition) is 5. The molecule has 4 rings (SSSR count). The zero-order chi connectivity index (χ0) is 17.4. The molecule has 3 aromatic heterocycles. The van der Waals surface area contributed by atoms with Gasteiger partial charge in [0.05, 0.1) is 24.9 Å². The third-order valence-corrected chi connectivity index (χ3v) is 4.58. The van der Waals surface area contributed by atoms with Crippen molar-refractivity contribution in [2.45, 2.75) is 26.3 Å². The summed E-state index contributed by atoms with van der Waals surface area (Å²) in [6.07, 6.45) is 2.46. The maximum Gasteiger partial charge on any atom is 0.271 e. The van der Waals surface area contributed by atoms with Crippen LogP contribution in [-0.4, -0.2) is 39.7 Å². The van der Waals surface area contributed by atoms with E-state index in [1.54, 1.807) is 6.20 Å². The number of nitrogens with one attached hydrogen (secondary N) is 1. The van der Waals surface area contributed by atoms with Crippen LogP contribution in [-0.2, 0) is 11.2 Å². The molecular formula is C18H20N4O3. The van der Waals surface area contributed by atoms with Crippen LogP contribution < -0.4 is 5.32 Å². The standard InChI is InChI=1S/C18H20N4O3/c1-11-6-14(25-21-11)7-13-9-24-10-16(13)20-18(23)15-8-22-12(2)4-3-5-17(22)19-15/h3-6,8,13,16H,7,9-10H2,1-2H3,(H,20,23)/t13-,16+/m1/s1. The van der Waals surface area contributed by atoms with Crippen LogP contribution in [0.1, 0.15) is 27.6 Å². The summed E-state index contributed by atoms with van der Waals surface area (Å²) in [6, 6.07) is 7.65. The van der Waals surface area contributed by atoms with Crippen molar-refractivity contribution >= 4 is 11.6 Å². The Kier molecular flexibility index (Phi) is 4.01. The number of rotatable bonds is 4. The van der Waals surface area contributed by atoms with Crippen molar-refractivity contribution < 1.29 is 14.1 Å². The van der Waals surface area contributed by atoms with Crippen molar-refractivity contribution in [2.24, 2.45) is 5.92 Å². The Labute approximate surface area is 145 Å². The van der Waals surface area contributed by atoms with Crippen LogP contribution in [0.4, 0.5) is 0 Å². The van der Waals surface area contributed by atoms with Crippen molar-refractivity contribution in [3.63, 3.8) is 0 Å². The van der Waals surface area contributed by atoms with Crippen molar-refractivity contribution in [2.75, 3.05) is 13.2 Å². The molecule has 1 amide bonds. The summed E-state index contributed by atoms with van der Waals surface area (Å²) in [5.74, 6) is 0.794. The van der Waals surface area contributed by atoms with Crippen LogP contribution in [0.2, 0.25) is 0 Å². The molecule has 0 radical (unpaired) electrons. The normalized spacial score (nSPS) is 20.2. The van der Waals surface area contributed by atoms with E-state index >= 15 is 0 Å². The number of nitrogens with zero attached hydrogens (tertiary/aromatic N) is 3. The van der Waals surface area contributed by atoms with Crippen LogP contribution in [0.3, 0.4) is 0 Å². The Morgan fingerprint density at radius 2 is 2.24 bits per heavy atom. The second-order valence-electron chi connectivity index (χ2n) is 6.54. The molecule has 1 aliphatic rings. The van der Waals surface area contributed by atoms with Gasteiger partial charge in [0.2, 0.25) is 0 Å². The molecule has 0 bridgehead atoms. The highest BCUT2D eigenvalue weighted by Crippen LogP contribution is 2.20. The molecule has 0 spiro atoms. The van der Waals surface area contributed by atoms with E-state index in [0.29, 0.717) is 25.3 Å². The molecule has 130 valence electrons. The monoisotopic (exact) mass is 340 g/mol. The first-order valence-corrected chi connectivity index (χ1v) is 8.35.